The van der Waals surface area contributed by atoms with Crippen LogP contribution in [0.2, 0.25) is 0 Å². The van der Waals surface area contributed by atoms with Gasteiger partial charge in [0.1, 0.15) is 0 Å². The molecule has 0 aromatic heterocycles. The van der Waals surface area contributed by atoms with Gasteiger partial charge in [0.15, 0.2) is 0 Å². The Morgan fingerprint density at radius 2 is 1.32 bits per heavy atom. The third kappa shape index (κ3) is 4.79. The number of nitrogens with one attached hydrogen (secondary N) is 1. The van der Waals surface area contributed by atoms with Gasteiger partial charge in [-0.25, -0.2) is 8.78 Å². The minimum absolute atomic E-state index is 0.0436. The van der Waals surface area contributed by atoms with Crippen molar-refractivity contribution in [2.75, 3.05) is 0 Å². The summed E-state index contributed by atoms with van der Waals surface area (Å²) in [6.07, 6.45) is 4.75. The van der Waals surface area contributed by atoms with E-state index in [2.05, 4.69) is 70.9 Å². The molecule has 0 amide bonds. The third-order valence-electron chi connectivity index (χ3n) is 6.38. The van der Waals surface area contributed by atoms with Crippen molar-refractivity contribution in [1.82, 2.24) is 10.2 Å². The van der Waals surface area contributed by atoms with Crippen LogP contribution in [0.1, 0.15) is 49.7 Å². The number of benzene rings is 2. The highest BCUT2D eigenvalue weighted by atomic mass is 19.3. The zero-order valence-corrected chi connectivity index (χ0v) is 16.4. The predicted molar refractivity (Wildman–Crippen MR) is 109 cm³/mol. The summed E-state index contributed by atoms with van der Waals surface area (Å²) in [7, 11) is 0. The number of hydrogen-bond donors (Lipinski definition) is 1. The Hall–Kier alpha value is -1.78. The highest BCUT2D eigenvalue weighted by Crippen LogP contribution is 2.38. The molecule has 2 nitrogen and oxygen atoms in total. The van der Waals surface area contributed by atoms with E-state index >= 15 is 0 Å². The van der Waals surface area contributed by atoms with Crippen LogP contribution in [0.4, 0.5) is 8.78 Å². The van der Waals surface area contributed by atoms with E-state index in [0.29, 0.717) is 12.5 Å². The Kier molecular flexibility index (Phi) is 6.07. The monoisotopic (exact) mass is 384 g/mol. The van der Waals surface area contributed by atoms with Crippen molar-refractivity contribution in [3.63, 3.8) is 0 Å². The smallest absolute Gasteiger partial charge is 0.263 e. The molecule has 2 aliphatic rings. The summed E-state index contributed by atoms with van der Waals surface area (Å²) in [6.45, 7) is 1.86. The SMILES string of the molecule is FC1(F)CC[C@H]1NC1CCC(N(Cc2ccccc2)Cc2ccccc2)CC1. The summed E-state index contributed by atoms with van der Waals surface area (Å²) < 4.78 is 27.2. The van der Waals surface area contributed by atoms with Crippen LogP contribution in [0.5, 0.6) is 0 Å². The van der Waals surface area contributed by atoms with Crippen molar-refractivity contribution < 1.29 is 8.78 Å². The van der Waals surface area contributed by atoms with E-state index in [4.69, 9.17) is 0 Å². The number of alkyl halides is 2. The highest BCUT2D eigenvalue weighted by molar-refractivity contribution is 5.17. The fraction of sp³-hybridized carbons (Fsp3) is 0.500. The Labute approximate surface area is 166 Å². The van der Waals surface area contributed by atoms with Crippen LogP contribution < -0.4 is 5.32 Å². The quantitative estimate of drug-likeness (QED) is 0.689. The Morgan fingerprint density at radius 3 is 1.75 bits per heavy atom. The molecule has 2 aliphatic carbocycles. The van der Waals surface area contributed by atoms with Crippen molar-refractivity contribution in [2.24, 2.45) is 0 Å². The Bertz CT molecular complexity index is 685. The average Bonchev–Trinajstić information content (AvgIpc) is 2.73. The number of halogens is 2. The molecule has 4 rings (SSSR count). The second-order valence-electron chi connectivity index (χ2n) is 8.40. The van der Waals surface area contributed by atoms with Crippen LogP contribution in [-0.2, 0) is 13.1 Å². The molecule has 150 valence electrons. The van der Waals surface area contributed by atoms with Crippen LogP contribution in [0.15, 0.2) is 60.7 Å². The maximum absolute atomic E-state index is 13.6. The summed E-state index contributed by atoms with van der Waals surface area (Å²) in [5.74, 6) is -2.50. The maximum Gasteiger partial charge on any atom is 0.263 e. The van der Waals surface area contributed by atoms with Gasteiger partial charge in [0, 0.05) is 31.6 Å². The summed E-state index contributed by atoms with van der Waals surface area (Å²) in [5.41, 5.74) is 2.65. The van der Waals surface area contributed by atoms with Gasteiger partial charge in [-0.1, -0.05) is 60.7 Å². The molecule has 0 aliphatic heterocycles. The minimum Gasteiger partial charge on any atom is -0.306 e. The van der Waals surface area contributed by atoms with Crippen LogP contribution >= 0.6 is 0 Å². The number of rotatable bonds is 7. The molecule has 0 bridgehead atoms. The fourth-order valence-corrected chi connectivity index (χ4v) is 4.55. The van der Waals surface area contributed by atoms with Crippen molar-refractivity contribution in [3.8, 4) is 0 Å². The summed E-state index contributed by atoms with van der Waals surface area (Å²) in [4.78, 5) is 2.57. The molecule has 4 heteroatoms. The van der Waals surface area contributed by atoms with E-state index < -0.39 is 12.0 Å². The first-order valence-electron chi connectivity index (χ1n) is 10.6. The van der Waals surface area contributed by atoms with Gasteiger partial charge < -0.3 is 5.32 Å². The van der Waals surface area contributed by atoms with Gasteiger partial charge in [0.05, 0.1) is 6.04 Å². The second-order valence-corrected chi connectivity index (χ2v) is 8.40. The predicted octanol–water partition coefficient (Wildman–Crippen LogP) is 5.39. The first-order valence-corrected chi connectivity index (χ1v) is 10.6. The fourth-order valence-electron chi connectivity index (χ4n) is 4.55. The molecule has 28 heavy (non-hydrogen) atoms. The largest absolute Gasteiger partial charge is 0.306 e. The van der Waals surface area contributed by atoms with E-state index in [-0.39, 0.29) is 12.5 Å². The van der Waals surface area contributed by atoms with Gasteiger partial charge >= 0.3 is 0 Å². The molecule has 0 unspecified atom stereocenters. The first kappa shape index (κ1) is 19.5. The highest BCUT2D eigenvalue weighted by Gasteiger charge is 2.48. The molecule has 0 spiro atoms. The molecule has 0 saturated heterocycles. The normalized spacial score (nSPS) is 26.8. The second kappa shape index (κ2) is 8.71. The molecule has 1 atom stereocenters. The number of hydrogen-bond acceptors (Lipinski definition) is 2. The van der Waals surface area contributed by atoms with Gasteiger partial charge in [-0.2, -0.15) is 0 Å². The molecular weight excluding hydrogens is 354 g/mol. The molecule has 0 radical (unpaired) electrons. The van der Waals surface area contributed by atoms with Crippen molar-refractivity contribution in [2.45, 2.75) is 75.7 Å². The van der Waals surface area contributed by atoms with Crippen LogP contribution in [0.25, 0.3) is 0 Å². The topological polar surface area (TPSA) is 15.3 Å². The zero-order valence-electron chi connectivity index (χ0n) is 16.4. The van der Waals surface area contributed by atoms with Crippen molar-refractivity contribution in [1.29, 1.82) is 0 Å². The number of nitrogens with zero attached hydrogens (tertiary/aromatic N) is 1. The van der Waals surface area contributed by atoms with Gasteiger partial charge in [-0.3, -0.25) is 4.90 Å². The van der Waals surface area contributed by atoms with Gasteiger partial charge in [-0.15, -0.1) is 0 Å². The lowest BCUT2D eigenvalue weighted by molar-refractivity contribution is -0.110. The van der Waals surface area contributed by atoms with E-state index in [1.807, 2.05) is 0 Å². The van der Waals surface area contributed by atoms with Gasteiger partial charge in [0.2, 0.25) is 0 Å². The van der Waals surface area contributed by atoms with E-state index in [1.54, 1.807) is 0 Å². The summed E-state index contributed by atoms with van der Waals surface area (Å²) >= 11 is 0. The van der Waals surface area contributed by atoms with Crippen molar-refractivity contribution >= 4 is 0 Å². The van der Waals surface area contributed by atoms with E-state index in [1.165, 1.54) is 11.1 Å². The first-order chi connectivity index (χ1) is 13.6. The van der Waals surface area contributed by atoms with Gasteiger partial charge in [-0.05, 0) is 43.2 Å². The minimum atomic E-state index is -2.50. The summed E-state index contributed by atoms with van der Waals surface area (Å²) in [6, 6.07) is 21.4. The van der Waals surface area contributed by atoms with Crippen molar-refractivity contribution in [3.05, 3.63) is 71.8 Å². The standard InChI is InChI=1S/C24H30F2N2/c25-24(26)16-15-23(24)27-21-11-13-22(14-12-21)28(17-19-7-3-1-4-8-19)18-20-9-5-2-6-10-20/h1-10,21-23,27H,11-18H2/t21?,22?,23-/m1/s1. The van der Waals surface area contributed by atoms with E-state index in [0.717, 1.165) is 38.8 Å². The molecule has 2 aromatic carbocycles. The lowest BCUT2D eigenvalue weighted by Gasteiger charge is -2.42. The Balaban J connectivity index is 1.37. The van der Waals surface area contributed by atoms with Crippen LogP contribution in [-0.4, -0.2) is 28.9 Å². The zero-order chi connectivity index (χ0) is 19.4. The molecule has 2 fully saturated rings. The average molecular weight is 385 g/mol. The summed E-state index contributed by atoms with van der Waals surface area (Å²) in [5, 5.41) is 3.24. The van der Waals surface area contributed by atoms with E-state index in [9.17, 15) is 8.78 Å². The van der Waals surface area contributed by atoms with Crippen LogP contribution in [0.3, 0.4) is 0 Å². The molecule has 2 saturated carbocycles. The molecule has 2 aromatic rings. The maximum atomic E-state index is 13.6. The van der Waals surface area contributed by atoms with Crippen LogP contribution in [0, 0.1) is 0 Å². The molecular formula is C24H30F2N2. The lowest BCUT2D eigenvalue weighted by Crippen LogP contribution is -2.57. The Morgan fingerprint density at radius 1 is 0.786 bits per heavy atom. The third-order valence-corrected chi connectivity index (χ3v) is 6.38. The lowest BCUT2D eigenvalue weighted by atomic mass is 9.84. The molecule has 1 N–H and O–H groups in total. The van der Waals surface area contributed by atoms with Gasteiger partial charge in [0.25, 0.3) is 5.92 Å². The molecule has 0 heterocycles.